The lowest BCUT2D eigenvalue weighted by Gasteiger charge is -2.10. The van der Waals surface area contributed by atoms with Crippen molar-refractivity contribution in [2.45, 2.75) is 13.8 Å². The fraction of sp³-hybridized carbons (Fsp3) is 0.133. The highest BCUT2D eigenvalue weighted by Gasteiger charge is 2.11. The summed E-state index contributed by atoms with van der Waals surface area (Å²) in [5.41, 5.74) is 1.76. The summed E-state index contributed by atoms with van der Waals surface area (Å²) in [4.78, 5) is 12.0. The first-order valence-corrected chi connectivity index (χ1v) is 6.71. The molecule has 2 nitrogen and oxygen atoms in total. The Morgan fingerprint density at radius 3 is 2.40 bits per heavy atom. The SMILES string of the molecule is Cc1ccc(C(=O)Nc2cc(Br)c(F)cc2C)cc1F. The number of hydrogen-bond acceptors (Lipinski definition) is 1. The molecule has 0 fully saturated rings. The van der Waals surface area contributed by atoms with E-state index in [-0.39, 0.29) is 10.0 Å². The first-order valence-electron chi connectivity index (χ1n) is 5.91. The van der Waals surface area contributed by atoms with Gasteiger partial charge in [0.15, 0.2) is 0 Å². The van der Waals surface area contributed by atoms with Crippen molar-refractivity contribution < 1.29 is 13.6 Å². The number of amides is 1. The van der Waals surface area contributed by atoms with Gasteiger partial charge < -0.3 is 5.32 Å². The summed E-state index contributed by atoms with van der Waals surface area (Å²) in [6.07, 6.45) is 0. The number of carbonyl (C=O) groups is 1. The number of rotatable bonds is 2. The van der Waals surface area contributed by atoms with Gasteiger partial charge in [0, 0.05) is 11.3 Å². The third-order valence-electron chi connectivity index (χ3n) is 2.95. The zero-order chi connectivity index (χ0) is 14.9. The van der Waals surface area contributed by atoms with E-state index in [0.29, 0.717) is 16.8 Å². The molecule has 0 aromatic heterocycles. The van der Waals surface area contributed by atoms with Gasteiger partial charge in [0.25, 0.3) is 5.91 Å². The highest BCUT2D eigenvalue weighted by atomic mass is 79.9. The monoisotopic (exact) mass is 339 g/mol. The van der Waals surface area contributed by atoms with Crippen molar-refractivity contribution in [2.24, 2.45) is 0 Å². The van der Waals surface area contributed by atoms with Crippen molar-refractivity contribution >= 4 is 27.5 Å². The van der Waals surface area contributed by atoms with E-state index in [1.54, 1.807) is 19.9 Å². The van der Waals surface area contributed by atoms with Crippen LogP contribution in [0.5, 0.6) is 0 Å². The van der Waals surface area contributed by atoms with Gasteiger partial charge >= 0.3 is 0 Å². The number of anilines is 1. The molecule has 104 valence electrons. The molecular weight excluding hydrogens is 328 g/mol. The smallest absolute Gasteiger partial charge is 0.255 e. The van der Waals surface area contributed by atoms with Gasteiger partial charge in [-0.1, -0.05) is 6.07 Å². The normalized spacial score (nSPS) is 10.4. The third-order valence-corrected chi connectivity index (χ3v) is 3.56. The molecular formula is C15H12BrF2NO. The molecule has 20 heavy (non-hydrogen) atoms. The molecule has 2 aromatic rings. The van der Waals surface area contributed by atoms with Crippen LogP contribution in [0.25, 0.3) is 0 Å². The van der Waals surface area contributed by atoms with Crippen molar-refractivity contribution in [3.63, 3.8) is 0 Å². The second-order valence-electron chi connectivity index (χ2n) is 4.50. The lowest BCUT2D eigenvalue weighted by Crippen LogP contribution is -2.13. The van der Waals surface area contributed by atoms with Gasteiger partial charge in [0.1, 0.15) is 11.6 Å². The van der Waals surface area contributed by atoms with Crippen LogP contribution < -0.4 is 5.32 Å². The van der Waals surface area contributed by atoms with E-state index < -0.39 is 17.5 Å². The zero-order valence-electron chi connectivity index (χ0n) is 10.9. The molecule has 0 aliphatic rings. The highest BCUT2D eigenvalue weighted by Crippen LogP contribution is 2.24. The molecule has 2 rings (SSSR count). The Balaban J connectivity index is 2.27. The minimum Gasteiger partial charge on any atom is -0.322 e. The van der Waals surface area contributed by atoms with Gasteiger partial charge in [0.2, 0.25) is 0 Å². The van der Waals surface area contributed by atoms with Crippen molar-refractivity contribution in [1.82, 2.24) is 0 Å². The average Bonchev–Trinajstić information content (AvgIpc) is 2.39. The van der Waals surface area contributed by atoms with E-state index in [1.807, 2.05) is 0 Å². The molecule has 2 aromatic carbocycles. The molecule has 0 spiro atoms. The fourth-order valence-electron chi connectivity index (χ4n) is 1.71. The summed E-state index contributed by atoms with van der Waals surface area (Å²) in [6.45, 7) is 3.30. The van der Waals surface area contributed by atoms with Crippen molar-refractivity contribution in [3.8, 4) is 0 Å². The Hall–Kier alpha value is -1.75. The topological polar surface area (TPSA) is 29.1 Å². The summed E-state index contributed by atoms with van der Waals surface area (Å²) in [6, 6.07) is 7.06. The summed E-state index contributed by atoms with van der Waals surface area (Å²) in [5.74, 6) is -1.28. The predicted octanol–water partition coefficient (Wildman–Crippen LogP) is 4.60. The Labute approximate surface area is 123 Å². The molecule has 0 radical (unpaired) electrons. The lowest BCUT2D eigenvalue weighted by molar-refractivity contribution is 0.102. The van der Waals surface area contributed by atoms with E-state index in [2.05, 4.69) is 21.2 Å². The Bertz CT molecular complexity index is 686. The maximum Gasteiger partial charge on any atom is 0.255 e. The van der Waals surface area contributed by atoms with E-state index in [9.17, 15) is 13.6 Å². The van der Waals surface area contributed by atoms with Crippen molar-refractivity contribution in [1.29, 1.82) is 0 Å². The Morgan fingerprint density at radius 1 is 1.05 bits per heavy atom. The highest BCUT2D eigenvalue weighted by molar-refractivity contribution is 9.10. The Kier molecular flexibility index (Phi) is 4.18. The fourth-order valence-corrected chi connectivity index (χ4v) is 2.05. The van der Waals surface area contributed by atoms with Crippen LogP contribution in [0.4, 0.5) is 14.5 Å². The number of nitrogens with one attached hydrogen (secondary N) is 1. The second-order valence-corrected chi connectivity index (χ2v) is 5.35. The lowest BCUT2D eigenvalue weighted by atomic mass is 10.1. The average molecular weight is 340 g/mol. The van der Waals surface area contributed by atoms with Crippen LogP contribution in [-0.4, -0.2) is 5.91 Å². The maximum atomic E-state index is 13.4. The van der Waals surface area contributed by atoms with Crippen molar-refractivity contribution in [3.05, 3.63) is 63.1 Å². The summed E-state index contributed by atoms with van der Waals surface area (Å²) in [5, 5.41) is 2.64. The Morgan fingerprint density at radius 2 is 1.75 bits per heavy atom. The van der Waals surface area contributed by atoms with Crippen LogP contribution in [-0.2, 0) is 0 Å². The molecule has 0 saturated carbocycles. The minimum atomic E-state index is -0.439. The van der Waals surface area contributed by atoms with Crippen molar-refractivity contribution in [2.75, 3.05) is 5.32 Å². The molecule has 0 bridgehead atoms. The molecule has 0 heterocycles. The van der Waals surface area contributed by atoms with E-state index in [0.717, 1.165) is 0 Å². The first-order chi connectivity index (χ1) is 9.38. The van der Waals surface area contributed by atoms with Gasteiger partial charge in [-0.15, -0.1) is 0 Å². The van der Waals surface area contributed by atoms with Crippen LogP contribution in [0, 0.1) is 25.5 Å². The molecule has 0 saturated heterocycles. The van der Waals surface area contributed by atoms with E-state index >= 15 is 0 Å². The quantitative estimate of drug-likeness (QED) is 0.851. The van der Waals surface area contributed by atoms with Crippen LogP contribution in [0.15, 0.2) is 34.8 Å². The maximum absolute atomic E-state index is 13.4. The van der Waals surface area contributed by atoms with Crippen LogP contribution >= 0.6 is 15.9 Å². The van der Waals surface area contributed by atoms with Crippen LogP contribution in [0.3, 0.4) is 0 Å². The number of hydrogen-bond donors (Lipinski definition) is 1. The van der Waals surface area contributed by atoms with Crippen LogP contribution in [0.2, 0.25) is 0 Å². The van der Waals surface area contributed by atoms with Crippen LogP contribution in [0.1, 0.15) is 21.5 Å². The minimum absolute atomic E-state index is 0.216. The largest absolute Gasteiger partial charge is 0.322 e. The molecule has 0 atom stereocenters. The summed E-state index contributed by atoms with van der Waals surface area (Å²) in [7, 11) is 0. The number of halogens is 3. The summed E-state index contributed by atoms with van der Waals surface area (Å²) >= 11 is 3.06. The first kappa shape index (κ1) is 14.7. The van der Waals surface area contributed by atoms with Gasteiger partial charge in [-0.25, -0.2) is 8.78 Å². The molecule has 0 unspecified atom stereocenters. The van der Waals surface area contributed by atoms with E-state index in [4.69, 9.17) is 0 Å². The number of aryl methyl sites for hydroxylation is 2. The standard InChI is InChI=1S/C15H12BrF2NO/c1-8-3-4-10(6-12(8)17)15(20)19-14-7-11(16)13(18)5-9(14)2/h3-7H,1-2H3,(H,19,20). The molecule has 1 amide bonds. The zero-order valence-corrected chi connectivity index (χ0v) is 12.5. The van der Waals surface area contributed by atoms with Gasteiger partial charge in [0.05, 0.1) is 4.47 Å². The number of benzene rings is 2. The predicted molar refractivity (Wildman–Crippen MR) is 77.9 cm³/mol. The summed E-state index contributed by atoms with van der Waals surface area (Å²) < 4.78 is 27.0. The second kappa shape index (κ2) is 5.71. The molecule has 1 N–H and O–H groups in total. The van der Waals surface area contributed by atoms with Gasteiger partial charge in [-0.05, 0) is 65.2 Å². The molecule has 5 heteroatoms. The molecule has 0 aliphatic heterocycles. The van der Waals surface area contributed by atoms with Gasteiger partial charge in [-0.2, -0.15) is 0 Å². The third kappa shape index (κ3) is 3.04. The molecule has 0 aliphatic carbocycles. The number of carbonyl (C=O) groups excluding carboxylic acids is 1. The van der Waals surface area contributed by atoms with E-state index in [1.165, 1.54) is 24.3 Å². The van der Waals surface area contributed by atoms with Gasteiger partial charge in [-0.3, -0.25) is 4.79 Å².